The zero-order chi connectivity index (χ0) is 17.0. The quantitative estimate of drug-likeness (QED) is 0.549. The number of hydrogen-bond acceptors (Lipinski definition) is 4. The molecular weight excluding hydrogens is 284 g/mol. The Bertz CT molecular complexity index is 358. The van der Waals surface area contributed by atoms with Crippen molar-refractivity contribution in [2.75, 3.05) is 33.8 Å². The van der Waals surface area contributed by atoms with Crippen LogP contribution in [0.3, 0.4) is 0 Å². The molecule has 0 aromatic heterocycles. The van der Waals surface area contributed by atoms with Gasteiger partial charge in [0, 0.05) is 53.1 Å². The molecule has 0 saturated heterocycles. The Labute approximate surface area is 133 Å². The Morgan fingerprint density at radius 3 is 1.68 bits per heavy atom. The summed E-state index contributed by atoms with van der Waals surface area (Å²) in [5.74, 6) is 0.246. The smallest absolute Gasteiger partial charge is 0.222 e. The number of carbonyl (C=O) groups is 3. The van der Waals surface area contributed by atoms with Crippen LogP contribution in [0.4, 0.5) is 0 Å². The van der Waals surface area contributed by atoms with Crippen LogP contribution in [-0.4, -0.2) is 66.3 Å². The molecule has 0 spiro atoms. The number of nitrogens with zero attached hydrogens (tertiary/aromatic N) is 2. The van der Waals surface area contributed by atoms with E-state index in [2.05, 4.69) is 0 Å². The highest BCUT2D eigenvalue weighted by molar-refractivity contribution is 5.77. The zero-order valence-corrected chi connectivity index (χ0v) is 14.1. The third-order valence-electron chi connectivity index (χ3n) is 3.59. The molecule has 0 radical (unpaired) electrons. The second kappa shape index (κ2) is 12.1. The molecule has 0 aliphatic carbocycles. The summed E-state index contributed by atoms with van der Waals surface area (Å²) >= 11 is 0. The van der Waals surface area contributed by atoms with Gasteiger partial charge in [-0.05, 0) is 26.2 Å². The molecule has 0 saturated carbocycles. The summed E-state index contributed by atoms with van der Waals surface area (Å²) in [5, 5.41) is 8.70. The number of aliphatic hydroxyl groups is 1. The maximum Gasteiger partial charge on any atom is 0.222 e. The molecule has 2 amide bonds. The number of ketones is 1. The maximum atomic E-state index is 11.9. The highest BCUT2D eigenvalue weighted by Gasteiger charge is 2.12. The summed E-state index contributed by atoms with van der Waals surface area (Å²) in [6, 6.07) is 0. The number of likely N-dealkylation sites (N-methyl/N-ethyl adjacent to an activating group) is 2. The van der Waals surface area contributed by atoms with Crippen molar-refractivity contribution in [2.45, 2.75) is 51.9 Å². The second-order valence-electron chi connectivity index (χ2n) is 5.72. The van der Waals surface area contributed by atoms with Crippen molar-refractivity contribution in [1.29, 1.82) is 0 Å². The summed E-state index contributed by atoms with van der Waals surface area (Å²) in [4.78, 5) is 37.6. The van der Waals surface area contributed by atoms with E-state index >= 15 is 0 Å². The number of unbranched alkanes of at least 4 members (excludes halogenated alkanes) is 2. The third-order valence-corrected chi connectivity index (χ3v) is 3.59. The topological polar surface area (TPSA) is 77.9 Å². The van der Waals surface area contributed by atoms with Crippen LogP contribution in [0, 0.1) is 0 Å². The summed E-state index contributed by atoms with van der Waals surface area (Å²) in [6.07, 6.45) is 4.40. The average Bonchev–Trinajstić information content (AvgIpc) is 2.48. The lowest BCUT2D eigenvalue weighted by Gasteiger charge is -2.22. The number of carbonyl (C=O) groups excluding carboxylic acids is 3. The molecule has 0 atom stereocenters. The fourth-order valence-electron chi connectivity index (χ4n) is 1.99. The molecular formula is C16H30N2O4. The first-order valence-electron chi connectivity index (χ1n) is 7.96. The zero-order valence-electron chi connectivity index (χ0n) is 14.1. The van der Waals surface area contributed by atoms with Crippen LogP contribution < -0.4 is 0 Å². The predicted molar refractivity (Wildman–Crippen MR) is 85.4 cm³/mol. The minimum Gasteiger partial charge on any atom is -0.396 e. The van der Waals surface area contributed by atoms with E-state index in [9.17, 15) is 14.4 Å². The van der Waals surface area contributed by atoms with Crippen LogP contribution in [0.25, 0.3) is 0 Å². The van der Waals surface area contributed by atoms with Crippen LogP contribution in [0.15, 0.2) is 0 Å². The first-order valence-corrected chi connectivity index (χ1v) is 7.96. The first kappa shape index (κ1) is 20.6. The van der Waals surface area contributed by atoms with Crippen molar-refractivity contribution in [2.24, 2.45) is 0 Å². The summed E-state index contributed by atoms with van der Waals surface area (Å²) in [5.41, 5.74) is 0. The van der Waals surface area contributed by atoms with E-state index in [0.29, 0.717) is 38.8 Å². The van der Waals surface area contributed by atoms with E-state index in [-0.39, 0.29) is 24.2 Å². The van der Waals surface area contributed by atoms with Crippen molar-refractivity contribution >= 4 is 17.6 Å². The Hall–Kier alpha value is -1.43. The third kappa shape index (κ3) is 10.3. The molecule has 0 bridgehead atoms. The van der Waals surface area contributed by atoms with Gasteiger partial charge in [-0.3, -0.25) is 9.59 Å². The van der Waals surface area contributed by atoms with E-state index in [0.717, 1.165) is 19.3 Å². The van der Waals surface area contributed by atoms with E-state index in [1.54, 1.807) is 30.8 Å². The van der Waals surface area contributed by atoms with Gasteiger partial charge in [0.15, 0.2) is 0 Å². The van der Waals surface area contributed by atoms with Gasteiger partial charge in [-0.2, -0.15) is 0 Å². The van der Waals surface area contributed by atoms with E-state index in [4.69, 9.17) is 5.11 Å². The van der Waals surface area contributed by atoms with E-state index in [1.807, 2.05) is 0 Å². The Morgan fingerprint density at radius 1 is 0.773 bits per heavy atom. The predicted octanol–water partition coefficient (Wildman–Crippen LogP) is 1.22. The highest BCUT2D eigenvalue weighted by Crippen LogP contribution is 2.05. The molecule has 0 rings (SSSR count). The summed E-state index contributed by atoms with van der Waals surface area (Å²) < 4.78 is 0. The molecule has 0 heterocycles. The molecule has 1 N–H and O–H groups in total. The van der Waals surface area contributed by atoms with Crippen molar-refractivity contribution < 1.29 is 19.5 Å². The van der Waals surface area contributed by atoms with Gasteiger partial charge in [-0.1, -0.05) is 6.42 Å². The number of Topliss-reactive ketones (excluding diaryl/α,β-unsaturated/α-hetero) is 1. The molecule has 0 aliphatic heterocycles. The van der Waals surface area contributed by atoms with Gasteiger partial charge in [0.2, 0.25) is 11.8 Å². The highest BCUT2D eigenvalue weighted by atomic mass is 16.3. The van der Waals surface area contributed by atoms with Crippen molar-refractivity contribution in [3.8, 4) is 0 Å². The minimum absolute atomic E-state index is 0.0147. The largest absolute Gasteiger partial charge is 0.396 e. The molecule has 0 aromatic rings. The van der Waals surface area contributed by atoms with E-state index in [1.165, 1.54) is 0 Å². The maximum absolute atomic E-state index is 11.9. The monoisotopic (exact) mass is 314 g/mol. The van der Waals surface area contributed by atoms with Gasteiger partial charge in [0.1, 0.15) is 5.78 Å². The fraction of sp³-hybridized carbons (Fsp3) is 0.812. The fourth-order valence-corrected chi connectivity index (χ4v) is 1.99. The van der Waals surface area contributed by atoms with Gasteiger partial charge in [0.25, 0.3) is 0 Å². The molecule has 0 fully saturated rings. The van der Waals surface area contributed by atoms with Crippen LogP contribution in [0.1, 0.15) is 51.9 Å². The van der Waals surface area contributed by atoms with Crippen LogP contribution in [0.2, 0.25) is 0 Å². The number of rotatable bonds is 12. The second-order valence-corrected chi connectivity index (χ2v) is 5.72. The summed E-state index contributed by atoms with van der Waals surface area (Å²) in [7, 11) is 3.45. The number of amides is 2. The minimum atomic E-state index is -0.0147. The molecule has 0 unspecified atom stereocenters. The molecule has 0 aliphatic rings. The normalized spacial score (nSPS) is 10.4. The standard InChI is InChI=1S/C16H30N2O4/c1-14(20)8-5-4-6-9-15(21)17(2)11-12-18(3)16(22)10-7-13-19/h19H,4-13H2,1-3H3. The number of hydrogen-bond donors (Lipinski definition) is 1. The van der Waals surface area contributed by atoms with Crippen molar-refractivity contribution in [1.82, 2.24) is 9.80 Å². The van der Waals surface area contributed by atoms with Crippen molar-refractivity contribution in [3.63, 3.8) is 0 Å². The molecule has 128 valence electrons. The van der Waals surface area contributed by atoms with Crippen LogP contribution in [-0.2, 0) is 14.4 Å². The van der Waals surface area contributed by atoms with Gasteiger partial charge < -0.3 is 19.7 Å². The molecule has 6 heteroatoms. The van der Waals surface area contributed by atoms with Gasteiger partial charge in [-0.15, -0.1) is 0 Å². The van der Waals surface area contributed by atoms with Gasteiger partial charge in [-0.25, -0.2) is 0 Å². The van der Waals surface area contributed by atoms with Gasteiger partial charge >= 0.3 is 0 Å². The van der Waals surface area contributed by atoms with Crippen LogP contribution >= 0.6 is 0 Å². The Morgan fingerprint density at radius 2 is 1.23 bits per heavy atom. The van der Waals surface area contributed by atoms with Crippen molar-refractivity contribution in [3.05, 3.63) is 0 Å². The lowest BCUT2D eigenvalue weighted by Crippen LogP contribution is -2.37. The average molecular weight is 314 g/mol. The molecule has 6 nitrogen and oxygen atoms in total. The Balaban J connectivity index is 3.81. The molecule has 0 aromatic carbocycles. The Kier molecular flexibility index (Phi) is 11.4. The van der Waals surface area contributed by atoms with Crippen LogP contribution in [0.5, 0.6) is 0 Å². The van der Waals surface area contributed by atoms with E-state index < -0.39 is 0 Å². The van der Waals surface area contributed by atoms with Gasteiger partial charge in [0.05, 0.1) is 0 Å². The SMILES string of the molecule is CC(=O)CCCCCC(=O)N(C)CCN(C)C(=O)CCCO. The first-order chi connectivity index (χ1) is 10.4. The lowest BCUT2D eigenvalue weighted by atomic mass is 10.1. The lowest BCUT2D eigenvalue weighted by molar-refractivity contribution is -0.133. The summed E-state index contributed by atoms with van der Waals surface area (Å²) in [6.45, 7) is 2.60. The number of aliphatic hydroxyl groups excluding tert-OH is 1. The molecule has 22 heavy (non-hydrogen) atoms.